The maximum absolute atomic E-state index is 12.4. The number of hydrogen-bond donors (Lipinski definition) is 2. The van der Waals surface area contributed by atoms with Gasteiger partial charge in [0.2, 0.25) is 0 Å². The minimum Gasteiger partial charge on any atom is -0.388 e. The van der Waals surface area contributed by atoms with Gasteiger partial charge in [0, 0.05) is 18.2 Å². The number of nitrogens with zero attached hydrogens (tertiary/aromatic N) is 2. The molecule has 0 fully saturated rings. The van der Waals surface area contributed by atoms with Crippen molar-refractivity contribution in [2.75, 3.05) is 20.1 Å². The van der Waals surface area contributed by atoms with Gasteiger partial charge in [-0.1, -0.05) is 46.2 Å². The summed E-state index contributed by atoms with van der Waals surface area (Å²) in [7, 11) is 2.11. The molecule has 0 aliphatic rings. The maximum atomic E-state index is 12.4. The van der Waals surface area contributed by atoms with Gasteiger partial charge in [-0.15, -0.1) is 0 Å². The molecule has 6 nitrogen and oxygen atoms in total. The molecule has 1 amide bonds. The number of rotatable bonds is 9. The number of aromatic nitrogens is 1. The Bertz CT molecular complexity index is 512. The number of unbranched alkanes of at least 4 members (excludes halogenated alkanes) is 1. The highest BCUT2D eigenvalue weighted by Gasteiger charge is 2.30. The molecule has 0 aliphatic carbocycles. The average molecular weight is 356 g/mol. The first-order chi connectivity index (χ1) is 11.7. The molecule has 1 aromatic rings. The van der Waals surface area contributed by atoms with Crippen LogP contribution in [0.15, 0.2) is 4.52 Å². The summed E-state index contributed by atoms with van der Waals surface area (Å²) in [6.45, 7) is 15.9. The molecule has 6 heteroatoms. The van der Waals surface area contributed by atoms with Gasteiger partial charge < -0.3 is 19.8 Å². The van der Waals surface area contributed by atoms with Gasteiger partial charge in [0.1, 0.15) is 6.61 Å². The highest BCUT2D eigenvalue weighted by atomic mass is 16.5. The SMILES string of the molecule is CC.CCCCN(C)CC(C)(C)C(C)NC(=O)c1noc(CO)c1C. The van der Waals surface area contributed by atoms with Crippen LogP contribution in [0.2, 0.25) is 0 Å². The van der Waals surface area contributed by atoms with Crippen LogP contribution in [0.1, 0.15) is 76.2 Å². The third kappa shape index (κ3) is 7.16. The summed E-state index contributed by atoms with van der Waals surface area (Å²) < 4.78 is 4.97. The fourth-order valence-corrected chi connectivity index (χ4v) is 2.53. The molecule has 0 spiro atoms. The fourth-order valence-electron chi connectivity index (χ4n) is 2.53. The number of carbonyl (C=O) groups excluding carboxylic acids is 1. The van der Waals surface area contributed by atoms with Crippen LogP contribution in [0.25, 0.3) is 0 Å². The van der Waals surface area contributed by atoms with E-state index in [0.29, 0.717) is 11.3 Å². The van der Waals surface area contributed by atoms with Crippen molar-refractivity contribution in [2.24, 2.45) is 5.41 Å². The molecule has 0 aliphatic heterocycles. The van der Waals surface area contributed by atoms with Crippen molar-refractivity contribution in [3.8, 4) is 0 Å². The van der Waals surface area contributed by atoms with Crippen molar-refractivity contribution in [1.82, 2.24) is 15.4 Å². The lowest BCUT2D eigenvalue weighted by Gasteiger charge is -2.36. The number of amides is 1. The molecule has 0 saturated carbocycles. The first kappa shape index (κ1) is 23.6. The van der Waals surface area contributed by atoms with E-state index in [1.165, 1.54) is 12.8 Å². The minimum absolute atomic E-state index is 0.0206. The molecule has 1 rings (SSSR count). The van der Waals surface area contributed by atoms with Crippen LogP contribution in [-0.4, -0.2) is 47.2 Å². The van der Waals surface area contributed by atoms with E-state index in [9.17, 15) is 4.79 Å². The molecule has 25 heavy (non-hydrogen) atoms. The van der Waals surface area contributed by atoms with Gasteiger partial charge in [0.25, 0.3) is 5.91 Å². The molecule has 1 atom stereocenters. The van der Waals surface area contributed by atoms with Crippen molar-refractivity contribution in [1.29, 1.82) is 0 Å². The smallest absolute Gasteiger partial charge is 0.273 e. The highest BCUT2D eigenvalue weighted by molar-refractivity contribution is 5.93. The number of aliphatic hydroxyl groups excluding tert-OH is 1. The largest absolute Gasteiger partial charge is 0.388 e. The molecule has 0 aromatic carbocycles. The highest BCUT2D eigenvalue weighted by Crippen LogP contribution is 2.23. The Labute approximate surface area is 153 Å². The van der Waals surface area contributed by atoms with Gasteiger partial charge in [-0.25, -0.2) is 0 Å². The topological polar surface area (TPSA) is 78.6 Å². The van der Waals surface area contributed by atoms with E-state index < -0.39 is 0 Å². The third-order valence-corrected chi connectivity index (χ3v) is 4.47. The Morgan fingerprint density at radius 2 is 2.00 bits per heavy atom. The van der Waals surface area contributed by atoms with E-state index >= 15 is 0 Å². The van der Waals surface area contributed by atoms with Crippen LogP contribution in [-0.2, 0) is 6.61 Å². The summed E-state index contributed by atoms with van der Waals surface area (Å²) in [6, 6.07) is -0.0206. The molecular weight excluding hydrogens is 318 g/mol. The summed E-state index contributed by atoms with van der Waals surface area (Å²) in [5.41, 5.74) is 0.765. The van der Waals surface area contributed by atoms with Gasteiger partial charge in [-0.2, -0.15) is 0 Å². The van der Waals surface area contributed by atoms with Crippen molar-refractivity contribution in [2.45, 2.75) is 74.0 Å². The quantitative estimate of drug-likeness (QED) is 0.710. The Morgan fingerprint density at radius 3 is 2.48 bits per heavy atom. The summed E-state index contributed by atoms with van der Waals surface area (Å²) in [6.07, 6.45) is 2.35. The van der Waals surface area contributed by atoms with Crippen molar-refractivity contribution in [3.05, 3.63) is 17.0 Å². The minimum atomic E-state index is -0.261. The zero-order chi connectivity index (χ0) is 19.6. The van der Waals surface area contributed by atoms with Crippen LogP contribution in [0, 0.1) is 12.3 Å². The first-order valence-electron chi connectivity index (χ1n) is 9.28. The number of nitrogens with one attached hydrogen (secondary N) is 1. The van der Waals surface area contributed by atoms with Crippen LogP contribution < -0.4 is 5.32 Å². The van der Waals surface area contributed by atoms with Crippen LogP contribution >= 0.6 is 0 Å². The summed E-state index contributed by atoms with van der Waals surface area (Å²) in [4.78, 5) is 14.7. The summed E-state index contributed by atoms with van der Waals surface area (Å²) in [5, 5.41) is 15.9. The Morgan fingerprint density at radius 1 is 1.40 bits per heavy atom. The van der Waals surface area contributed by atoms with Gasteiger partial charge in [-0.05, 0) is 39.3 Å². The number of hydrogen-bond acceptors (Lipinski definition) is 5. The number of carbonyl (C=O) groups is 1. The molecule has 146 valence electrons. The molecule has 0 saturated heterocycles. The third-order valence-electron chi connectivity index (χ3n) is 4.47. The average Bonchev–Trinajstić information content (AvgIpc) is 2.95. The van der Waals surface area contributed by atoms with Crippen molar-refractivity contribution >= 4 is 5.91 Å². The van der Waals surface area contributed by atoms with E-state index in [2.05, 4.69) is 43.2 Å². The normalized spacial score (nSPS) is 12.6. The van der Waals surface area contributed by atoms with Crippen LogP contribution in [0.3, 0.4) is 0 Å². The fraction of sp³-hybridized carbons (Fsp3) is 0.789. The van der Waals surface area contributed by atoms with Crippen molar-refractivity contribution in [3.63, 3.8) is 0 Å². The molecule has 0 bridgehead atoms. The molecule has 1 unspecified atom stereocenters. The molecule has 1 aromatic heterocycles. The summed E-state index contributed by atoms with van der Waals surface area (Å²) >= 11 is 0. The number of aliphatic hydroxyl groups is 1. The zero-order valence-corrected chi connectivity index (χ0v) is 17.3. The van der Waals surface area contributed by atoms with E-state index in [4.69, 9.17) is 9.63 Å². The second-order valence-corrected chi connectivity index (χ2v) is 7.01. The Hall–Kier alpha value is -1.40. The molecule has 0 radical (unpaired) electrons. The second-order valence-electron chi connectivity index (χ2n) is 7.01. The van der Waals surface area contributed by atoms with Crippen LogP contribution in [0.4, 0.5) is 0 Å². The molecule has 2 N–H and O–H groups in total. The van der Waals surface area contributed by atoms with Gasteiger partial charge in [0.15, 0.2) is 11.5 Å². The van der Waals surface area contributed by atoms with Gasteiger partial charge in [-0.3, -0.25) is 4.79 Å². The molecule has 1 heterocycles. The molecular formula is C19H37N3O3. The Balaban J connectivity index is 0.00000277. The zero-order valence-electron chi connectivity index (χ0n) is 17.3. The second kappa shape index (κ2) is 11.3. The lowest BCUT2D eigenvalue weighted by Crippen LogP contribution is -2.48. The van der Waals surface area contributed by atoms with Gasteiger partial charge in [0.05, 0.1) is 0 Å². The van der Waals surface area contributed by atoms with E-state index in [-0.39, 0.29) is 29.7 Å². The summed E-state index contributed by atoms with van der Waals surface area (Å²) in [5.74, 6) is 0.0732. The lowest BCUT2D eigenvalue weighted by molar-refractivity contribution is 0.0867. The lowest BCUT2D eigenvalue weighted by atomic mass is 9.84. The Kier molecular flexibility index (Phi) is 10.6. The predicted octanol–water partition coefficient (Wildman–Crippen LogP) is 3.38. The van der Waals surface area contributed by atoms with E-state index in [0.717, 1.165) is 13.1 Å². The van der Waals surface area contributed by atoms with E-state index in [1.54, 1.807) is 6.92 Å². The predicted molar refractivity (Wildman–Crippen MR) is 102 cm³/mol. The first-order valence-corrected chi connectivity index (χ1v) is 9.28. The van der Waals surface area contributed by atoms with Gasteiger partial charge >= 0.3 is 0 Å². The monoisotopic (exact) mass is 355 g/mol. The maximum Gasteiger partial charge on any atom is 0.273 e. The van der Waals surface area contributed by atoms with Crippen molar-refractivity contribution < 1.29 is 14.4 Å². The standard InChI is InChI=1S/C17H31N3O3.C2H6/c1-7-8-9-20(6)11-17(4,5)13(3)18-16(22)15-12(2)14(10-21)23-19-15;1-2/h13,21H,7-11H2,1-6H3,(H,18,22);1-2H3. The van der Waals surface area contributed by atoms with Crippen LogP contribution in [0.5, 0.6) is 0 Å². The van der Waals surface area contributed by atoms with E-state index in [1.807, 2.05) is 20.8 Å².